The second-order valence-electron chi connectivity index (χ2n) is 6.93. The largest absolute Gasteiger partial charge is 0.0622 e. The summed E-state index contributed by atoms with van der Waals surface area (Å²) in [5.74, 6) is 6.89. The Labute approximate surface area is 87.5 Å². The van der Waals surface area contributed by atoms with Gasteiger partial charge in [-0.1, -0.05) is 13.8 Å². The lowest BCUT2D eigenvalue weighted by Crippen LogP contribution is -2.24. The van der Waals surface area contributed by atoms with Crippen LogP contribution in [0.4, 0.5) is 0 Å². The van der Waals surface area contributed by atoms with E-state index < -0.39 is 0 Å². The number of hydrogen-bond donors (Lipinski definition) is 0. The fraction of sp³-hybridized carbons (Fsp3) is 1.00. The van der Waals surface area contributed by atoms with Gasteiger partial charge in [0.15, 0.2) is 0 Å². The lowest BCUT2D eigenvalue weighted by molar-refractivity contribution is 0.163. The molecule has 0 spiro atoms. The molecule has 4 aliphatic rings. The van der Waals surface area contributed by atoms with Crippen molar-refractivity contribution >= 4 is 0 Å². The van der Waals surface area contributed by atoms with E-state index in [1.807, 2.05) is 0 Å². The van der Waals surface area contributed by atoms with Crippen molar-refractivity contribution in [3.8, 4) is 0 Å². The number of hydrogen-bond acceptors (Lipinski definition) is 0. The topological polar surface area (TPSA) is 0 Å². The molecule has 6 unspecified atom stereocenters. The van der Waals surface area contributed by atoms with E-state index in [0.29, 0.717) is 0 Å². The van der Waals surface area contributed by atoms with Crippen LogP contribution in [0.1, 0.15) is 46.0 Å². The monoisotopic (exact) mass is 190 g/mol. The van der Waals surface area contributed by atoms with Crippen LogP contribution in [0.3, 0.4) is 0 Å². The molecule has 0 bridgehead atoms. The van der Waals surface area contributed by atoms with E-state index in [2.05, 4.69) is 13.8 Å². The molecule has 4 fully saturated rings. The highest BCUT2D eigenvalue weighted by Crippen LogP contribution is 2.79. The van der Waals surface area contributed by atoms with Gasteiger partial charge in [0.2, 0.25) is 0 Å². The fourth-order valence-corrected chi connectivity index (χ4v) is 5.24. The van der Waals surface area contributed by atoms with E-state index in [1.165, 1.54) is 17.8 Å². The molecule has 0 amide bonds. The highest BCUT2D eigenvalue weighted by atomic mass is 14.8. The first-order valence-electron chi connectivity index (χ1n) is 6.72. The minimum absolute atomic E-state index is 0.890. The summed E-state index contributed by atoms with van der Waals surface area (Å²) in [7, 11) is 0. The minimum Gasteiger partial charge on any atom is -0.0622 e. The van der Waals surface area contributed by atoms with Gasteiger partial charge in [-0.3, -0.25) is 0 Å². The molecule has 0 heteroatoms. The van der Waals surface area contributed by atoms with Crippen molar-refractivity contribution in [3.63, 3.8) is 0 Å². The third kappa shape index (κ3) is 0.785. The van der Waals surface area contributed by atoms with Gasteiger partial charge in [0.1, 0.15) is 0 Å². The molecule has 0 aromatic rings. The van der Waals surface area contributed by atoms with Crippen LogP contribution in [0.25, 0.3) is 0 Å². The van der Waals surface area contributed by atoms with Crippen molar-refractivity contribution in [2.45, 2.75) is 46.0 Å². The van der Waals surface area contributed by atoms with Crippen molar-refractivity contribution < 1.29 is 0 Å². The third-order valence-corrected chi connectivity index (χ3v) is 6.50. The fourth-order valence-electron chi connectivity index (χ4n) is 5.24. The Morgan fingerprint density at radius 3 is 2.50 bits per heavy atom. The van der Waals surface area contributed by atoms with Gasteiger partial charge in [-0.2, -0.15) is 0 Å². The first-order valence-corrected chi connectivity index (χ1v) is 6.72. The van der Waals surface area contributed by atoms with Crippen LogP contribution in [0.15, 0.2) is 0 Å². The predicted octanol–water partition coefficient (Wildman–Crippen LogP) is 3.71. The smallest absolute Gasteiger partial charge is 0.0230 e. The van der Waals surface area contributed by atoms with Crippen LogP contribution in [0.5, 0.6) is 0 Å². The van der Waals surface area contributed by atoms with Gasteiger partial charge < -0.3 is 0 Å². The van der Waals surface area contributed by atoms with Crippen LogP contribution in [0.2, 0.25) is 0 Å². The van der Waals surface area contributed by atoms with E-state index in [-0.39, 0.29) is 0 Å². The maximum absolute atomic E-state index is 2.55. The Morgan fingerprint density at radius 1 is 1.21 bits per heavy atom. The van der Waals surface area contributed by atoms with E-state index in [4.69, 9.17) is 0 Å². The van der Waals surface area contributed by atoms with Crippen molar-refractivity contribution in [2.24, 2.45) is 40.9 Å². The van der Waals surface area contributed by atoms with E-state index in [0.717, 1.165) is 23.2 Å². The Bertz CT molecular complexity index is 282. The van der Waals surface area contributed by atoms with Crippen LogP contribution >= 0.6 is 0 Å². The molecule has 7 atom stereocenters. The summed E-state index contributed by atoms with van der Waals surface area (Å²) < 4.78 is 0. The zero-order valence-corrected chi connectivity index (χ0v) is 9.50. The molecule has 0 aromatic carbocycles. The normalized spacial score (nSPS) is 68.1. The van der Waals surface area contributed by atoms with Crippen LogP contribution < -0.4 is 0 Å². The molecule has 4 saturated carbocycles. The molecule has 0 nitrogen and oxygen atoms in total. The van der Waals surface area contributed by atoms with E-state index in [1.54, 1.807) is 32.1 Å². The van der Waals surface area contributed by atoms with Gasteiger partial charge in [-0.05, 0) is 73.0 Å². The molecule has 4 rings (SSSR count). The molecule has 0 N–H and O–H groups in total. The summed E-state index contributed by atoms with van der Waals surface area (Å²) in [6.07, 6.45) is 7.97. The molecule has 0 aromatic heterocycles. The molecule has 0 aliphatic heterocycles. The zero-order chi connectivity index (χ0) is 9.50. The number of fused-ring (bicyclic) bond motifs is 3. The molecular weight excluding hydrogens is 168 g/mol. The highest BCUT2D eigenvalue weighted by molar-refractivity contribution is 5.21. The van der Waals surface area contributed by atoms with E-state index >= 15 is 0 Å². The molecule has 4 aliphatic carbocycles. The first-order chi connectivity index (χ1) is 6.72. The van der Waals surface area contributed by atoms with Crippen LogP contribution in [-0.2, 0) is 0 Å². The Kier molecular flexibility index (Phi) is 1.30. The molecule has 14 heavy (non-hydrogen) atoms. The van der Waals surface area contributed by atoms with Gasteiger partial charge in [-0.15, -0.1) is 0 Å². The average Bonchev–Trinajstić information content (AvgIpc) is 2.90. The molecule has 0 saturated heterocycles. The standard InChI is InChI=1S/C14H22/c1-8-5-11(8)7-14-6-10-3-4-12(10)13(14)9(14)2/h8-13H,3-7H2,1-2H3/t8?,9?,10?,11?,12?,13-,14?/m1/s1. The van der Waals surface area contributed by atoms with Crippen molar-refractivity contribution in [3.05, 3.63) is 0 Å². The Morgan fingerprint density at radius 2 is 2.00 bits per heavy atom. The summed E-state index contributed by atoms with van der Waals surface area (Å²) in [6, 6.07) is 0. The molecule has 0 heterocycles. The second kappa shape index (κ2) is 2.23. The second-order valence-corrected chi connectivity index (χ2v) is 6.93. The Hall–Kier alpha value is 0. The van der Waals surface area contributed by atoms with Crippen LogP contribution in [-0.4, -0.2) is 0 Å². The maximum Gasteiger partial charge on any atom is -0.0230 e. The Balaban J connectivity index is 1.54. The highest BCUT2D eigenvalue weighted by Gasteiger charge is 2.72. The van der Waals surface area contributed by atoms with Gasteiger partial charge in [0.05, 0.1) is 0 Å². The third-order valence-electron chi connectivity index (χ3n) is 6.50. The lowest BCUT2D eigenvalue weighted by Gasteiger charge is -2.34. The summed E-state index contributed by atoms with van der Waals surface area (Å²) in [5.41, 5.74) is 0.890. The zero-order valence-electron chi connectivity index (χ0n) is 9.50. The summed E-state index contributed by atoms with van der Waals surface area (Å²) >= 11 is 0. The van der Waals surface area contributed by atoms with Crippen molar-refractivity contribution in [1.29, 1.82) is 0 Å². The SMILES string of the molecule is CC1CC1CC12CC3CCC3[C@H]1C2C. The molecular formula is C14H22. The van der Waals surface area contributed by atoms with Crippen LogP contribution in [0, 0.1) is 40.9 Å². The van der Waals surface area contributed by atoms with Crippen molar-refractivity contribution in [2.75, 3.05) is 0 Å². The average molecular weight is 190 g/mol. The van der Waals surface area contributed by atoms with E-state index in [9.17, 15) is 0 Å². The lowest BCUT2D eigenvalue weighted by atomic mass is 9.71. The van der Waals surface area contributed by atoms with Gasteiger partial charge in [-0.25, -0.2) is 0 Å². The minimum atomic E-state index is 0.890. The summed E-state index contributed by atoms with van der Waals surface area (Å²) in [6.45, 7) is 5.00. The van der Waals surface area contributed by atoms with Gasteiger partial charge in [0.25, 0.3) is 0 Å². The maximum atomic E-state index is 2.55. The molecule has 78 valence electrons. The summed E-state index contributed by atoms with van der Waals surface area (Å²) in [4.78, 5) is 0. The quantitative estimate of drug-likeness (QED) is 0.622. The summed E-state index contributed by atoms with van der Waals surface area (Å²) in [5, 5.41) is 0. The first kappa shape index (κ1) is 8.19. The predicted molar refractivity (Wildman–Crippen MR) is 57.8 cm³/mol. The van der Waals surface area contributed by atoms with Gasteiger partial charge >= 0.3 is 0 Å². The van der Waals surface area contributed by atoms with Crippen molar-refractivity contribution in [1.82, 2.24) is 0 Å². The number of rotatable bonds is 2. The molecule has 0 radical (unpaired) electrons. The van der Waals surface area contributed by atoms with Gasteiger partial charge in [0, 0.05) is 0 Å².